The van der Waals surface area contributed by atoms with E-state index in [4.69, 9.17) is 14.2 Å². The molecule has 0 heterocycles. The molecule has 0 aliphatic rings. The van der Waals surface area contributed by atoms with Gasteiger partial charge in [0.05, 0.1) is 25.5 Å². The van der Waals surface area contributed by atoms with Crippen LogP contribution in [0.25, 0.3) is 0 Å². The van der Waals surface area contributed by atoms with Crippen LogP contribution >= 0.6 is 0 Å². The number of hydrazone groups is 1. The first kappa shape index (κ1) is 24.0. The van der Waals surface area contributed by atoms with Gasteiger partial charge in [0.1, 0.15) is 17.2 Å². The number of carbonyl (C=O) groups is 3. The first-order valence-electron chi connectivity index (χ1n) is 10.3. The van der Waals surface area contributed by atoms with Crippen LogP contribution in [0.2, 0.25) is 0 Å². The van der Waals surface area contributed by atoms with Crippen LogP contribution in [-0.2, 0) is 9.59 Å². The van der Waals surface area contributed by atoms with E-state index in [2.05, 4.69) is 15.8 Å². The molecule has 0 fully saturated rings. The molecule has 0 bridgehead atoms. The molecule has 9 nitrogen and oxygen atoms in total. The Morgan fingerprint density at radius 1 is 0.882 bits per heavy atom. The quantitative estimate of drug-likeness (QED) is 0.175. The summed E-state index contributed by atoms with van der Waals surface area (Å²) in [6.07, 6.45) is 1.33. The summed E-state index contributed by atoms with van der Waals surface area (Å²) in [5.41, 5.74) is 3.51. The number of methoxy groups -OCH3 is 1. The molecule has 2 N–H and O–H groups in total. The molecule has 0 unspecified atom stereocenters. The highest BCUT2D eigenvalue weighted by Gasteiger charge is 2.13. The first-order valence-corrected chi connectivity index (χ1v) is 10.3. The molecule has 0 saturated carbocycles. The number of hydrogen-bond acceptors (Lipinski definition) is 7. The average Bonchev–Trinajstić information content (AvgIpc) is 2.85. The van der Waals surface area contributed by atoms with Crippen LogP contribution < -0.4 is 25.0 Å². The summed E-state index contributed by atoms with van der Waals surface area (Å²) in [5, 5.41) is 6.25. The van der Waals surface area contributed by atoms with Gasteiger partial charge in [0.2, 0.25) is 0 Å². The van der Waals surface area contributed by atoms with Gasteiger partial charge in [0, 0.05) is 5.69 Å². The third kappa shape index (κ3) is 6.92. The second-order valence-corrected chi connectivity index (χ2v) is 6.80. The number of anilines is 1. The highest BCUT2D eigenvalue weighted by molar-refractivity contribution is 6.39. The van der Waals surface area contributed by atoms with Gasteiger partial charge in [-0.1, -0.05) is 12.1 Å². The van der Waals surface area contributed by atoms with Crippen molar-refractivity contribution in [1.82, 2.24) is 5.43 Å². The summed E-state index contributed by atoms with van der Waals surface area (Å²) in [7, 11) is 1.54. The molecule has 0 atom stereocenters. The van der Waals surface area contributed by atoms with Crippen molar-refractivity contribution in [3.05, 3.63) is 83.9 Å². The molecule has 0 radical (unpaired) electrons. The van der Waals surface area contributed by atoms with Crippen molar-refractivity contribution in [2.75, 3.05) is 19.0 Å². The Hall–Kier alpha value is -4.66. The molecule has 0 aliphatic carbocycles. The highest BCUT2D eigenvalue weighted by atomic mass is 16.5. The monoisotopic (exact) mass is 461 g/mol. The van der Waals surface area contributed by atoms with E-state index in [9.17, 15) is 14.4 Å². The van der Waals surface area contributed by atoms with Crippen molar-refractivity contribution >= 4 is 29.7 Å². The van der Waals surface area contributed by atoms with Crippen molar-refractivity contribution < 1.29 is 28.6 Å². The zero-order valence-electron chi connectivity index (χ0n) is 18.6. The van der Waals surface area contributed by atoms with E-state index in [0.717, 1.165) is 0 Å². The Bertz CT molecular complexity index is 1170. The van der Waals surface area contributed by atoms with Gasteiger partial charge in [-0.3, -0.25) is 9.59 Å². The largest absolute Gasteiger partial charge is 0.497 e. The lowest BCUT2D eigenvalue weighted by molar-refractivity contribution is -0.136. The SMILES string of the molecule is CCOc1ccc(NC(=O)C(=O)N/N=C\c2cccc(OC(=O)c3ccc(OC)cc3)c2)cc1. The second-order valence-electron chi connectivity index (χ2n) is 6.80. The molecule has 0 aliphatic heterocycles. The topological polar surface area (TPSA) is 115 Å². The zero-order valence-corrected chi connectivity index (χ0v) is 18.6. The fourth-order valence-electron chi connectivity index (χ4n) is 2.76. The first-order chi connectivity index (χ1) is 16.5. The van der Waals surface area contributed by atoms with Gasteiger partial charge in [0.15, 0.2) is 0 Å². The van der Waals surface area contributed by atoms with E-state index in [1.165, 1.54) is 13.3 Å². The number of hydrogen-bond donors (Lipinski definition) is 2. The summed E-state index contributed by atoms with van der Waals surface area (Å²) in [6, 6.07) is 19.7. The van der Waals surface area contributed by atoms with Gasteiger partial charge in [-0.25, -0.2) is 10.2 Å². The fourth-order valence-corrected chi connectivity index (χ4v) is 2.76. The highest BCUT2D eigenvalue weighted by Crippen LogP contribution is 2.17. The van der Waals surface area contributed by atoms with Gasteiger partial charge in [-0.05, 0) is 73.2 Å². The van der Waals surface area contributed by atoms with E-state index in [-0.39, 0.29) is 0 Å². The van der Waals surface area contributed by atoms with Crippen LogP contribution in [0.5, 0.6) is 17.2 Å². The molecule has 0 saturated heterocycles. The van der Waals surface area contributed by atoms with Crippen LogP contribution in [-0.4, -0.2) is 37.7 Å². The molecule has 3 aromatic carbocycles. The minimum Gasteiger partial charge on any atom is -0.497 e. The summed E-state index contributed by atoms with van der Waals surface area (Å²) < 4.78 is 15.8. The Morgan fingerprint density at radius 3 is 2.26 bits per heavy atom. The number of benzene rings is 3. The van der Waals surface area contributed by atoms with E-state index >= 15 is 0 Å². The van der Waals surface area contributed by atoms with Crippen molar-refractivity contribution in [3.63, 3.8) is 0 Å². The predicted octanol–water partition coefficient (Wildman–Crippen LogP) is 3.40. The third-order valence-electron chi connectivity index (χ3n) is 4.40. The van der Waals surface area contributed by atoms with Crippen LogP contribution in [0.15, 0.2) is 77.9 Å². The lowest BCUT2D eigenvalue weighted by atomic mass is 10.2. The van der Waals surface area contributed by atoms with E-state index < -0.39 is 17.8 Å². The number of amides is 2. The molecule has 34 heavy (non-hydrogen) atoms. The summed E-state index contributed by atoms with van der Waals surface area (Å²) in [4.78, 5) is 36.3. The maximum absolute atomic E-state index is 12.3. The number of nitrogens with one attached hydrogen (secondary N) is 2. The van der Waals surface area contributed by atoms with Crippen molar-refractivity contribution in [1.29, 1.82) is 0 Å². The lowest BCUT2D eigenvalue weighted by Crippen LogP contribution is -2.32. The molecule has 3 rings (SSSR count). The van der Waals surface area contributed by atoms with Gasteiger partial charge in [0.25, 0.3) is 0 Å². The minimum absolute atomic E-state index is 0.296. The molecule has 0 aromatic heterocycles. The van der Waals surface area contributed by atoms with Gasteiger partial charge in [-0.15, -0.1) is 0 Å². The molecule has 2 amide bonds. The number of carbonyl (C=O) groups excluding carboxylic acids is 3. The molecular formula is C25H23N3O6. The van der Waals surface area contributed by atoms with Gasteiger partial charge in [-0.2, -0.15) is 5.10 Å². The van der Waals surface area contributed by atoms with E-state index in [1.54, 1.807) is 72.8 Å². The second kappa shape index (κ2) is 11.8. The molecular weight excluding hydrogens is 438 g/mol. The van der Waals surface area contributed by atoms with Crippen LogP contribution in [0.3, 0.4) is 0 Å². The average molecular weight is 461 g/mol. The Kier molecular flexibility index (Phi) is 8.34. The maximum Gasteiger partial charge on any atom is 0.343 e. The van der Waals surface area contributed by atoms with Crippen molar-refractivity contribution in [2.45, 2.75) is 6.92 Å². The van der Waals surface area contributed by atoms with Crippen molar-refractivity contribution in [2.24, 2.45) is 5.10 Å². The van der Waals surface area contributed by atoms with E-state index in [0.29, 0.717) is 40.7 Å². The predicted molar refractivity (Wildman–Crippen MR) is 126 cm³/mol. The number of rotatable bonds is 8. The number of esters is 1. The Balaban J connectivity index is 1.52. The molecule has 174 valence electrons. The smallest absolute Gasteiger partial charge is 0.343 e. The van der Waals surface area contributed by atoms with Crippen LogP contribution in [0.1, 0.15) is 22.8 Å². The van der Waals surface area contributed by atoms with Gasteiger partial charge < -0.3 is 19.5 Å². The zero-order chi connectivity index (χ0) is 24.3. The summed E-state index contributed by atoms with van der Waals surface area (Å²) >= 11 is 0. The number of ether oxygens (including phenoxy) is 3. The normalized spacial score (nSPS) is 10.4. The maximum atomic E-state index is 12.3. The number of nitrogens with zero attached hydrogens (tertiary/aromatic N) is 1. The molecule has 9 heteroatoms. The lowest BCUT2D eigenvalue weighted by Gasteiger charge is -2.06. The Labute approximate surface area is 196 Å². The van der Waals surface area contributed by atoms with Crippen LogP contribution in [0, 0.1) is 0 Å². The summed E-state index contributed by atoms with van der Waals surface area (Å²) in [6.45, 7) is 2.39. The van der Waals surface area contributed by atoms with Crippen molar-refractivity contribution in [3.8, 4) is 17.2 Å². The van der Waals surface area contributed by atoms with Crippen LogP contribution in [0.4, 0.5) is 5.69 Å². The van der Waals surface area contributed by atoms with E-state index in [1.807, 2.05) is 6.92 Å². The fraction of sp³-hybridized carbons (Fsp3) is 0.120. The third-order valence-corrected chi connectivity index (χ3v) is 4.40. The standard InChI is InChI=1S/C25H23N3O6/c1-3-33-21-13-9-19(10-14-21)27-23(29)24(30)28-26-16-17-5-4-6-22(15-17)34-25(31)18-7-11-20(32-2)12-8-18/h4-16H,3H2,1-2H3,(H,27,29)(H,28,30)/b26-16-. The van der Waals surface area contributed by atoms with Gasteiger partial charge >= 0.3 is 17.8 Å². The Morgan fingerprint density at radius 2 is 1.59 bits per heavy atom. The molecule has 3 aromatic rings. The molecule has 0 spiro atoms. The minimum atomic E-state index is -0.938. The summed E-state index contributed by atoms with van der Waals surface area (Å²) in [5.74, 6) is -0.757.